The van der Waals surface area contributed by atoms with Gasteiger partial charge in [0.1, 0.15) is 0 Å². The average molecular weight is 276 g/mol. The normalized spacial score (nSPS) is 26.1. The molecule has 0 bridgehead atoms. The number of hydrogen-bond acceptors (Lipinski definition) is 4. The summed E-state index contributed by atoms with van der Waals surface area (Å²) in [4.78, 5) is 6.71. The highest BCUT2D eigenvalue weighted by Gasteiger charge is 2.42. The third kappa shape index (κ3) is 3.03. The molecule has 0 saturated carbocycles. The van der Waals surface area contributed by atoms with Crippen LogP contribution in [0.25, 0.3) is 0 Å². The number of methoxy groups -OCH3 is 1. The summed E-state index contributed by atoms with van der Waals surface area (Å²) in [6.07, 6.45) is 7.27. The molecular formula is C16H24N2O2. The molecule has 4 nitrogen and oxygen atoms in total. The highest BCUT2D eigenvalue weighted by Crippen LogP contribution is 2.42. The zero-order chi connectivity index (χ0) is 13.8. The second kappa shape index (κ2) is 6.20. The van der Waals surface area contributed by atoms with Crippen molar-refractivity contribution in [1.82, 2.24) is 9.88 Å². The van der Waals surface area contributed by atoms with Gasteiger partial charge in [-0.3, -0.25) is 4.98 Å². The van der Waals surface area contributed by atoms with Crippen LogP contribution in [0, 0.1) is 0 Å². The van der Waals surface area contributed by atoms with Crippen LogP contribution in [0.15, 0.2) is 24.5 Å². The molecule has 2 aliphatic rings. The first-order valence-electron chi connectivity index (χ1n) is 7.56. The lowest BCUT2D eigenvalue weighted by atomic mass is 9.83. The van der Waals surface area contributed by atoms with Gasteiger partial charge in [0.25, 0.3) is 0 Å². The second-order valence-electron chi connectivity index (χ2n) is 6.02. The van der Waals surface area contributed by atoms with Gasteiger partial charge in [0.05, 0.1) is 18.8 Å². The van der Waals surface area contributed by atoms with Crippen LogP contribution >= 0.6 is 0 Å². The highest BCUT2D eigenvalue weighted by atomic mass is 16.5. The Morgan fingerprint density at radius 3 is 3.00 bits per heavy atom. The van der Waals surface area contributed by atoms with Crippen molar-refractivity contribution in [2.75, 3.05) is 40.0 Å². The number of ether oxygens (including phenoxy) is 2. The van der Waals surface area contributed by atoms with Crippen LogP contribution in [0.2, 0.25) is 0 Å². The van der Waals surface area contributed by atoms with E-state index in [1.807, 2.05) is 18.5 Å². The molecule has 1 spiro atoms. The topological polar surface area (TPSA) is 34.6 Å². The van der Waals surface area contributed by atoms with Crippen molar-refractivity contribution in [2.24, 2.45) is 0 Å². The molecule has 1 atom stereocenters. The fourth-order valence-corrected chi connectivity index (χ4v) is 3.43. The van der Waals surface area contributed by atoms with E-state index in [1.54, 1.807) is 7.11 Å². The molecule has 0 aromatic carbocycles. The van der Waals surface area contributed by atoms with E-state index in [9.17, 15) is 0 Å². The molecule has 0 amide bonds. The maximum atomic E-state index is 6.22. The summed E-state index contributed by atoms with van der Waals surface area (Å²) >= 11 is 0. The first kappa shape index (κ1) is 14.0. The lowest BCUT2D eigenvalue weighted by Crippen LogP contribution is -2.45. The molecule has 1 aromatic rings. The Labute approximate surface area is 121 Å². The summed E-state index contributed by atoms with van der Waals surface area (Å²) in [6, 6.07) is 4.20. The van der Waals surface area contributed by atoms with E-state index < -0.39 is 0 Å². The fraction of sp³-hybridized carbons (Fsp3) is 0.688. The Kier molecular flexibility index (Phi) is 4.34. The molecule has 0 aliphatic carbocycles. The Morgan fingerprint density at radius 2 is 2.30 bits per heavy atom. The van der Waals surface area contributed by atoms with Crippen LogP contribution in [0.1, 0.15) is 30.7 Å². The molecule has 0 unspecified atom stereocenters. The van der Waals surface area contributed by atoms with Crippen LogP contribution in [0.4, 0.5) is 0 Å². The Hall–Kier alpha value is -0.970. The standard InChI is InChI=1S/C16H24N2O2/c1-19-10-9-18-7-4-16(5-8-18)11-15(13-20-16)14-3-2-6-17-12-14/h2-3,6,12,15H,4-5,7-11,13H2,1H3/t15-/m1/s1. The van der Waals surface area contributed by atoms with Crippen LogP contribution in [0.3, 0.4) is 0 Å². The van der Waals surface area contributed by atoms with Gasteiger partial charge in [0.15, 0.2) is 0 Å². The molecule has 4 heteroatoms. The number of likely N-dealkylation sites (tertiary alicyclic amines) is 1. The fourth-order valence-electron chi connectivity index (χ4n) is 3.43. The molecule has 3 rings (SSSR count). The van der Waals surface area contributed by atoms with Gasteiger partial charge in [-0.1, -0.05) is 6.07 Å². The van der Waals surface area contributed by atoms with Gasteiger partial charge in [-0.25, -0.2) is 0 Å². The SMILES string of the molecule is COCCN1CCC2(CC1)C[C@@H](c1cccnc1)CO2. The molecule has 0 radical (unpaired) electrons. The van der Waals surface area contributed by atoms with Crippen LogP contribution in [0.5, 0.6) is 0 Å². The first-order chi connectivity index (χ1) is 9.81. The lowest BCUT2D eigenvalue weighted by molar-refractivity contribution is -0.0460. The number of nitrogens with zero attached hydrogens (tertiary/aromatic N) is 2. The van der Waals surface area contributed by atoms with Crippen molar-refractivity contribution in [3.05, 3.63) is 30.1 Å². The minimum absolute atomic E-state index is 0.115. The summed E-state index contributed by atoms with van der Waals surface area (Å²) in [6.45, 7) is 4.97. The highest BCUT2D eigenvalue weighted by molar-refractivity contribution is 5.18. The van der Waals surface area contributed by atoms with Gasteiger partial charge in [-0.15, -0.1) is 0 Å². The van der Waals surface area contributed by atoms with Gasteiger partial charge in [0, 0.05) is 45.1 Å². The molecule has 0 N–H and O–H groups in total. The van der Waals surface area contributed by atoms with Gasteiger partial charge in [0.2, 0.25) is 0 Å². The predicted molar refractivity (Wildman–Crippen MR) is 77.8 cm³/mol. The maximum Gasteiger partial charge on any atom is 0.0713 e. The first-order valence-corrected chi connectivity index (χ1v) is 7.56. The minimum atomic E-state index is 0.115. The Bertz CT molecular complexity index is 416. The number of rotatable bonds is 4. The number of piperidine rings is 1. The summed E-state index contributed by atoms with van der Waals surface area (Å²) in [5.74, 6) is 0.522. The lowest BCUT2D eigenvalue weighted by Gasteiger charge is -2.38. The molecule has 110 valence electrons. The summed E-state index contributed by atoms with van der Waals surface area (Å²) < 4.78 is 11.4. The van der Waals surface area contributed by atoms with Gasteiger partial charge < -0.3 is 14.4 Å². The van der Waals surface area contributed by atoms with E-state index in [1.165, 1.54) is 5.56 Å². The van der Waals surface area contributed by atoms with Crippen molar-refractivity contribution in [3.8, 4) is 0 Å². The molecule has 3 heterocycles. The largest absolute Gasteiger partial charge is 0.383 e. The third-order valence-corrected chi connectivity index (χ3v) is 4.74. The predicted octanol–water partition coefficient (Wildman–Crippen LogP) is 2.07. The van der Waals surface area contributed by atoms with Gasteiger partial charge >= 0.3 is 0 Å². The molecule has 20 heavy (non-hydrogen) atoms. The van der Waals surface area contributed by atoms with Crippen molar-refractivity contribution in [1.29, 1.82) is 0 Å². The smallest absolute Gasteiger partial charge is 0.0713 e. The van der Waals surface area contributed by atoms with E-state index in [4.69, 9.17) is 9.47 Å². The van der Waals surface area contributed by atoms with E-state index >= 15 is 0 Å². The van der Waals surface area contributed by atoms with Gasteiger partial charge in [-0.2, -0.15) is 0 Å². The molecule has 1 aromatic heterocycles. The van der Waals surface area contributed by atoms with Crippen LogP contribution < -0.4 is 0 Å². The molecule has 2 fully saturated rings. The molecular weight excluding hydrogens is 252 g/mol. The summed E-state index contributed by atoms with van der Waals surface area (Å²) in [7, 11) is 1.77. The third-order valence-electron chi connectivity index (χ3n) is 4.74. The zero-order valence-electron chi connectivity index (χ0n) is 12.3. The van der Waals surface area contributed by atoms with E-state index in [0.29, 0.717) is 5.92 Å². The zero-order valence-corrected chi connectivity index (χ0v) is 12.3. The van der Waals surface area contributed by atoms with Gasteiger partial charge in [-0.05, 0) is 30.9 Å². The Morgan fingerprint density at radius 1 is 1.45 bits per heavy atom. The second-order valence-corrected chi connectivity index (χ2v) is 6.02. The van der Waals surface area contributed by atoms with Crippen molar-refractivity contribution < 1.29 is 9.47 Å². The number of hydrogen-bond donors (Lipinski definition) is 0. The van der Waals surface area contributed by atoms with E-state index in [0.717, 1.165) is 52.1 Å². The van der Waals surface area contributed by atoms with Crippen molar-refractivity contribution in [3.63, 3.8) is 0 Å². The number of aromatic nitrogens is 1. The van der Waals surface area contributed by atoms with E-state index in [-0.39, 0.29) is 5.60 Å². The number of pyridine rings is 1. The van der Waals surface area contributed by atoms with Crippen molar-refractivity contribution >= 4 is 0 Å². The Balaban J connectivity index is 1.55. The minimum Gasteiger partial charge on any atom is -0.383 e. The summed E-state index contributed by atoms with van der Waals surface area (Å²) in [5, 5.41) is 0. The van der Waals surface area contributed by atoms with Crippen molar-refractivity contribution in [2.45, 2.75) is 30.8 Å². The molecule has 2 aliphatic heterocycles. The summed E-state index contributed by atoms with van der Waals surface area (Å²) in [5.41, 5.74) is 1.44. The average Bonchev–Trinajstić information content (AvgIpc) is 2.92. The molecule has 2 saturated heterocycles. The monoisotopic (exact) mass is 276 g/mol. The maximum absolute atomic E-state index is 6.22. The quantitative estimate of drug-likeness (QED) is 0.843. The van der Waals surface area contributed by atoms with Crippen LogP contribution in [-0.4, -0.2) is 55.4 Å². The van der Waals surface area contributed by atoms with Crippen LogP contribution in [-0.2, 0) is 9.47 Å². The van der Waals surface area contributed by atoms with E-state index in [2.05, 4.69) is 16.0 Å².